The molecule has 0 spiro atoms. The summed E-state index contributed by atoms with van der Waals surface area (Å²) in [4.78, 5) is 8.65. The first-order chi connectivity index (χ1) is 14.8. The van der Waals surface area contributed by atoms with E-state index in [1.807, 2.05) is 6.20 Å². The van der Waals surface area contributed by atoms with Gasteiger partial charge >= 0.3 is 0 Å². The first kappa shape index (κ1) is 21.6. The number of rotatable bonds is 4. The van der Waals surface area contributed by atoms with Gasteiger partial charge in [-0.25, -0.2) is 9.97 Å². The Morgan fingerprint density at radius 1 is 1.13 bits per heavy atom. The fourth-order valence-corrected chi connectivity index (χ4v) is 8.87. The van der Waals surface area contributed by atoms with Crippen molar-refractivity contribution >= 4 is 0 Å². The predicted molar refractivity (Wildman–Crippen MR) is 125 cm³/mol. The first-order valence-electron chi connectivity index (χ1n) is 13.0. The van der Waals surface area contributed by atoms with Gasteiger partial charge in [0.25, 0.3) is 0 Å². The Balaban J connectivity index is 1.31. The van der Waals surface area contributed by atoms with E-state index >= 15 is 0 Å². The molecule has 0 aromatic carbocycles. The Morgan fingerprint density at radius 3 is 2.77 bits per heavy atom. The van der Waals surface area contributed by atoms with E-state index in [0.29, 0.717) is 10.8 Å². The number of nitrogens with zero attached hydrogens (tertiary/aromatic N) is 2. The molecule has 0 amide bonds. The number of fused-ring (bicyclic) bond motifs is 5. The summed E-state index contributed by atoms with van der Waals surface area (Å²) in [6, 6.07) is 0. The van der Waals surface area contributed by atoms with Crippen LogP contribution in [0.25, 0.3) is 0 Å². The molecule has 0 bridgehead atoms. The smallest absolute Gasteiger partial charge is 0.115 e. The zero-order valence-corrected chi connectivity index (χ0v) is 20.1. The van der Waals surface area contributed by atoms with E-state index in [2.05, 4.69) is 43.7 Å². The highest BCUT2D eigenvalue weighted by molar-refractivity contribution is 5.25. The summed E-state index contributed by atoms with van der Waals surface area (Å²) in [5.74, 6) is 4.22. The molecular weight excluding hydrogens is 380 g/mol. The van der Waals surface area contributed by atoms with Crippen LogP contribution in [0, 0.1) is 47.3 Å². The van der Waals surface area contributed by atoms with Crippen molar-refractivity contribution in [3.8, 4) is 0 Å². The number of aliphatic hydroxyl groups is 1. The molecule has 3 fully saturated rings. The van der Waals surface area contributed by atoms with Crippen LogP contribution in [0.4, 0.5) is 0 Å². The summed E-state index contributed by atoms with van der Waals surface area (Å²) in [6.07, 6.45) is 18.6. The van der Waals surface area contributed by atoms with Crippen molar-refractivity contribution in [3.05, 3.63) is 35.4 Å². The van der Waals surface area contributed by atoms with Gasteiger partial charge in [-0.1, -0.05) is 32.4 Å². The van der Waals surface area contributed by atoms with Crippen LogP contribution >= 0.6 is 0 Å². The molecule has 1 heterocycles. The highest BCUT2D eigenvalue weighted by atomic mass is 16.3. The van der Waals surface area contributed by atoms with Crippen LogP contribution in [0.15, 0.2) is 24.2 Å². The molecule has 1 aromatic heterocycles. The van der Waals surface area contributed by atoms with Crippen LogP contribution in [-0.4, -0.2) is 21.2 Å². The van der Waals surface area contributed by atoms with Gasteiger partial charge in [0.05, 0.1) is 6.10 Å². The topological polar surface area (TPSA) is 46.0 Å². The van der Waals surface area contributed by atoms with Gasteiger partial charge in [-0.3, -0.25) is 0 Å². The summed E-state index contributed by atoms with van der Waals surface area (Å²) >= 11 is 0. The summed E-state index contributed by atoms with van der Waals surface area (Å²) in [5.41, 5.74) is 4.94. The minimum absolute atomic E-state index is 0.0971. The second kappa shape index (κ2) is 7.97. The maximum Gasteiger partial charge on any atom is 0.115 e. The molecule has 0 aliphatic heterocycles. The second-order valence-corrected chi connectivity index (χ2v) is 12.0. The minimum atomic E-state index is -0.0971. The summed E-state index contributed by atoms with van der Waals surface area (Å²) in [5, 5.41) is 10.2. The van der Waals surface area contributed by atoms with Crippen molar-refractivity contribution in [3.63, 3.8) is 0 Å². The molecule has 3 saturated carbocycles. The van der Waals surface area contributed by atoms with E-state index in [1.165, 1.54) is 50.5 Å². The average molecular weight is 423 g/mol. The van der Waals surface area contributed by atoms with Gasteiger partial charge in [-0.2, -0.15) is 0 Å². The zero-order valence-electron chi connectivity index (χ0n) is 20.1. The van der Waals surface area contributed by atoms with Crippen molar-refractivity contribution < 1.29 is 5.11 Å². The predicted octanol–water partition coefficient (Wildman–Crippen LogP) is 6.29. The Hall–Kier alpha value is -1.22. The van der Waals surface area contributed by atoms with Gasteiger partial charge in [0.15, 0.2) is 0 Å². The van der Waals surface area contributed by atoms with E-state index < -0.39 is 0 Å². The molecule has 1 aromatic rings. The molecule has 0 saturated heterocycles. The lowest BCUT2D eigenvalue weighted by Gasteiger charge is -2.58. The number of allylic oxidation sites excluding steroid dienone is 1. The zero-order chi connectivity index (χ0) is 21.8. The largest absolute Gasteiger partial charge is 0.393 e. The van der Waals surface area contributed by atoms with Crippen molar-refractivity contribution in [2.45, 2.75) is 98.0 Å². The van der Waals surface area contributed by atoms with Crippen LogP contribution in [-0.2, 0) is 6.42 Å². The molecule has 1 N–H and O–H groups in total. The van der Waals surface area contributed by atoms with Crippen LogP contribution in [0.1, 0.15) is 89.8 Å². The van der Waals surface area contributed by atoms with Crippen LogP contribution < -0.4 is 0 Å². The average Bonchev–Trinajstić information content (AvgIpc) is 3.11. The fourth-order valence-electron chi connectivity index (χ4n) is 8.87. The van der Waals surface area contributed by atoms with E-state index in [0.717, 1.165) is 54.5 Å². The lowest BCUT2D eigenvalue weighted by molar-refractivity contribution is -0.0571. The van der Waals surface area contributed by atoms with Crippen LogP contribution in [0.3, 0.4) is 0 Å². The maximum atomic E-state index is 10.2. The standard InChI is InChI=1S/C28H42N2O/c1-18(5-6-20-16-29-17-30-19(20)2)24-9-10-25-23-8-7-21-15-22(31)11-13-27(21,3)26(23)12-14-28(24,25)4/h7,16-18,22-26,31H,5-6,8-15H2,1-4H3/t18?,22-,23-,24+,25-,26-,27-,28+/m0/s1. The Morgan fingerprint density at radius 2 is 1.97 bits per heavy atom. The number of aromatic nitrogens is 2. The summed E-state index contributed by atoms with van der Waals surface area (Å²) < 4.78 is 0. The van der Waals surface area contributed by atoms with E-state index in [4.69, 9.17) is 0 Å². The van der Waals surface area contributed by atoms with Gasteiger partial charge < -0.3 is 5.11 Å². The SMILES string of the molecule is Cc1ncncc1CCC(C)[C@H]1CC[C@H]2[C@@H]3CC=C4C[C@@H](O)CC[C@]4(C)[C@H]3CC[C@]12C. The fraction of sp³-hybridized carbons (Fsp3) is 0.786. The van der Waals surface area contributed by atoms with Crippen molar-refractivity contribution in [1.82, 2.24) is 9.97 Å². The van der Waals surface area contributed by atoms with E-state index in [1.54, 1.807) is 11.9 Å². The van der Waals surface area contributed by atoms with Gasteiger partial charge in [-0.15, -0.1) is 0 Å². The second-order valence-electron chi connectivity index (χ2n) is 12.0. The number of aliphatic hydroxyl groups excluding tert-OH is 1. The molecule has 0 radical (unpaired) electrons. The third-order valence-electron chi connectivity index (χ3n) is 10.7. The van der Waals surface area contributed by atoms with E-state index in [-0.39, 0.29) is 6.10 Å². The normalized spacial score (nSPS) is 42.9. The molecule has 3 nitrogen and oxygen atoms in total. The maximum absolute atomic E-state index is 10.2. The van der Waals surface area contributed by atoms with Crippen molar-refractivity contribution in [2.75, 3.05) is 0 Å². The molecule has 170 valence electrons. The quantitative estimate of drug-likeness (QED) is 0.580. The third kappa shape index (κ3) is 3.50. The molecule has 3 heteroatoms. The monoisotopic (exact) mass is 422 g/mol. The molecule has 5 rings (SSSR count). The first-order valence-corrected chi connectivity index (χ1v) is 13.0. The van der Waals surface area contributed by atoms with Gasteiger partial charge in [0.2, 0.25) is 0 Å². The number of aryl methyl sites for hydroxylation is 2. The molecule has 1 unspecified atom stereocenters. The third-order valence-corrected chi connectivity index (χ3v) is 10.7. The highest BCUT2D eigenvalue weighted by Gasteiger charge is 2.59. The number of hydrogen-bond acceptors (Lipinski definition) is 3. The van der Waals surface area contributed by atoms with Crippen molar-refractivity contribution in [2.24, 2.45) is 40.4 Å². The van der Waals surface area contributed by atoms with Crippen molar-refractivity contribution in [1.29, 1.82) is 0 Å². The highest BCUT2D eigenvalue weighted by Crippen LogP contribution is 2.67. The molecular formula is C28H42N2O. The van der Waals surface area contributed by atoms with Crippen LogP contribution in [0.5, 0.6) is 0 Å². The Bertz CT molecular complexity index is 849. The van der Waals surface area contributed by atoms with Gasteiger partial charge in [0, 0.05) is 11.9 Å². The molecule has 4 aliphatic carbocycles. The molecule has 4 aliphatic rings. The summed E-state index contributed by atoms with van der Waals surface area (Å²) in [7, 11) is 0. The van der Waals surface area contributed by atoms with Gasteiger partial charge in [-0.05, 0) is 117 Å². The minimum Gasteiger partial charge on any atom is -0.393 e. The number of hydrogen-bond donors (Lipinski definition) is 1. The summed E-state index contributed by atoms with van der Waals surface area (Å²) in [6.45, 7) is 9.84. The lowest BCUT2D eigenvalue weighted by atomic mass is 9.47. The molecule has 31 heavy (non-hydrogen) atoms. The van der Waals surface area contributed by atoms with Gasteiger partial charge in [0.1, 0.15) is 6.33 Å². The Kier molecular flexibility index (Phi) is 5.56. The Labute approximate surface area is 189 Å². The lowest BCUT2D eigenvalue weighted by Crippen LogP contribution is -2.50. The van der Waals surface area contributed by atoms with E-state index in [9.17, 15) is 5.11 Å². The molecule has 8 atom stereocenters. The van der Waals surface area contributed by atoms with Crippen LogP contribution in [0.2, 0.25) is 0 Å².